The van der Waals surface area contributed by atoms with Crippen LogP contribution in [0.4, 0.5) is 0 Å². The van der Waals surface area contributed by atoms with E-state index in [1.54, 1.807) is 0 Å². The van der Waals surface area contributed by atoms with Gasteiger partial charge in [-0.2, -0.15) is 5.21 Å². The number of hydrogen-bond donors (Lipinski definition) is 1. The van der Waals surface area contributed by atoms with Gasteiger partial charge in [-0.25, -0.2) is 0 Å². The Hall–Kier alpha value is -3.35. The fraction of sp³-hybridized carbons (Fsp3) is 0.423. The smallest absolute Gasteiger partial charge is 0.256 e. The van der Waals surface area contributed by atoms with Crippen LogP contribution in [0.5, 0.6) is 0 Å². The summed E-state index contributed by atoms with van der Waals surface area (Å²) in [4.78, 5) is 19.8. The third kappa shape index (κ3) is 4.87. The van der Waals surface area contributed by atoms with Crippen molar-refractivity contribution in [3.63, 3.8) is 0 Å². The van der Waals surface area contributed by atoms with Crippen molar-refractivity contribution in [2.75, 3.05) is 6.54 Å². The molecule has 7 nitrogen and oxygen atoms in total. The second-order valence-corrected chi connectivity index (χ2v) is 8.86. The fourth-order valence-electron chi connectivity index (χ4n) is 4.93. The lowest BCUT2D eigenvalue weighted by Crippen LogP contribution is -2.41. The number of carbonyl (C=O) groups excluding carboxylic acids is 1. The van der Waals surface area contributed by atoms with Gasteiger partial charge in [0.05, 0.1) is 0 Å². The molecule has 1 aromatic rings. The maximum atomic E-state index is 13.1. The Bertz CT molecular complexity index is 1060. The molecular weight excluding hydrogens is 412 g/mol. The Morgan fingerprint density at radius 3 is 2.85 bits per heavy atom. The summed E-state index contributed by atoms with van der Waals surface area (Å²) in [6.45, 7) is 8.44. The average Bonchev–Trinajstić information content (AvgIpc) is 3.52. The number of hydrogen-bond acceptors (Lipinski definition) is 5. The Labute approximate surface area is 195 Å². The van der Waals surface area contributed by atoms with Crippen LogP contribution < -0.4 is 0 Å². The Balaban J connectivity index is 1.46. The highest BCUT2D eigenvalue weighted by Gasteiger charge is 2.48. The molecule has 1 saturated carbocycles. The highest BCUT2D eigenvalue weighted by Crippen LogP contribution is 2.39. The molecule has 1 aliphatic heterocycles. The highest BCUT2D eigenvalue weighted by molar-refractivity contribution is 6.07. The van der Waals surface area contributed by atoms with Crippen molar-refractivity contribution < 1.29 is 4.79 Å². The molecule has 2 heterocycles. The molecule has 0 saturated heterocycles. The van der Waals surface area contributed by atoms with E-state index in [1.165, 1.54) is 11.1 Å². The van der Waals surface area contributed by atoms with Crippen LogP contribution in [0.3, 0.4) is 0 Å². The molecule has 1 spiro atoms. The SMILES string of the molecule is C=C/C=C(\C/C(=C\C)c1nn[nH]n1)C1C=C/C=C(/CN2C(=O)C3(CCCC3)N=C2C)C/C=C\1. The molecule has 4 rings (SSSR count). The number of carbonyl (C=O) groups is 1. The molecule has 1 atom stereocenters. The molecule has 7 heteroatoms. The molecule has 3 aliphatic rings. The summed E-state index contributed by atoms with van der Waals surface area (Å²) in [6.07, 6.45) is 22.2. The monoisotopic (exact) mass is 444 g/mol. The van der Waals surface area contributed by atoms with Crippen molar-refractivity contribution in [1.82, 2.24) is 25.5 Å². The molecule has 1 unspecified atom stereocenters. The minimum absolute atomic E-state index is 0.140. The van der Waals surface area contributed by atoms with E-state index in [4.69, 9.17) is 4.99 Å². The molecule has 172 valence electrons. The predicted molar refractivity (Wildman–Crippen MR) is 131 cm³/mol. The van der Waals surface area contributed by atoms with Crippen molar-refractivity contribution >= 4 is 17.3 Å². The number of nitrogens with one attached hydrogen (secondary N) is 1. The van der Waals surface area contributed by atoms with Crippen molar-refractivity contribution in [2.24, 2.45) is 10.9 Å². The van der Waals surface area contributed by atoms with Crippen molar-refractivity contribution in [3.05, 3.63) is 72.2 Å². The lowest BCUT2D eigenvalue weighted by atomic mass is 9.89. The number of tetrazole rings is 1. The number of amidine groups is 1. The molecule has 1 N–H and O–H groups in total. The van der Waals surface area contributed by atoms with Gasteiger partial charge in [0.1, 0.15) is 11.4 Å². The van der Waals surface area contributed by atoms with E-state index in [0.717, 1.165) is 43.5 Å². The van der Waals surface area contributed by atoms with Gasteiger partial charge in [0, 0.05) is 18.0 Å². The number of rotatable bonds is 7. The van der Waals surface area contributed by atoms with E-state index in [0.29, 0.717) is 18.8 Å². The van der Waals surface area contributed by atoms with Crippen LogP contribution in [-0.4, -0.2) is 49.4 Å². The summed E-state index contributed by atoms with van der Waals surface area (Å²) in [6, 6.07) is 0. The first-order valence-corrected chi connectivity index (χ1v) is 11.7. The van der Waals surface area contributed by atoms with Crippen LogP contribution in [0.2, 0.25) is 0 Å². The molecule has 1 aromatic heterocycles. The Morgan fingerprint density at radius 1 is 1.33 bits per heavy atom. The van der Waals surface area contributed by atoms with Gasteiger partial charge in [-0.05, 0) is 50.3 Å². The van der Waals surface area contributed by atoms with Crippen molar-refractivity contribution in [3.8, 4) is 0 Å². The van der Waals surface area contributed by atoms with E-state index < -0.39 is 5.54 Å². The minimum Gasteiger partial charge on any atom is -0.295 e. The molecule has 0 aromatic carbocycles. The molecular formula is C26H32N6O. The summed E-state index contributed by atoms with van der Waals surface area (Å²) in [7, 11) is 0. The lowest BCUT2D eigenvalue weighted by Gasteiger charge is -2.23. The topological polar surface area (TPSA) is 87.1 Å². The third-order valence-corrected chi connectivity index (χ3v) is 6.71. The van der Waals surface area contributed by atoms with Gasteiger partial charge in [0.15, 0.2) is 0 Å². The number of aromatic amines is 1. The average molecular weight is 445 g/mol. The standard InChI is InChI=1S/C26H32N6O/c1-4-10-23(17-21(5-2)24-28-30-31-29-24)22-13-8-11-20(12-9-14-22)18-32-19(3)27-26(25(32)33)15-6-7-16-26/h4-5,8-11,13-14,22H,1,6-7,12,15-18H2,2-3H3,(H,28,29,30,31)/b13-8?,14-9-,20-11+,21-5+,23-10+. The summed E-state index contributed by atoms with van der Waals surface area (Å²) >= 11 is 0. The fourth-order valence-corrected chi connectivity index (χ4v) is 4.93. The van der Waals surface area contributed by atoms with Crippen molar-refractivity contribution in [2.45, 2.75) is 57.9 Å². The van der Waals surface area contributed by atoms with Gasteiger partial charge in [0.2, 0.25) is 5.82 Å². The van der Waals surface area contributed by atoms with E-state index in [1.807, 2.05) is 30.9 Å². The second kappa shape index (κ2) is 10.1. The first-order chi connectivity index (χ1) is 16.1. The van der Waals surface area contributed by atoms with Gasteiger partial charge in [0.25, 0.3) is 5.91 Å². The molecule has 33 heavy (non-hydrogen) atoms. The zero-order valence-corrected chi connectivity index (χ0v) is 19.5. The van der Waals surface area contributed by atoms with Gasteiger partial charge in [-0.3, -0.25) is 14.7 Å². The summed E-state index contributed by atoms with van der Waals surface area (Å²) in [5.41, 5.74) is 2.94. The Kier molecular flexibility index (Phi) is 6.96. The number of allylic oxidation sites excluding steroid dienone is 10. The quantitative estimate of drug-likeness (QED) is 0.486. The van der Waals surface area contributed by atoms with Crippen LogP contribution in [-0.2, 0) is 4.79 Å². The number of aromatic nitrogens is 4. The molecule has 0 radical (unpaired) electrons. The van der Waals surface area contributed by atoms with Gasteiger partial charge < -0.3 is 0 Å². The first kappa shape index (κ1) is 22.8. The number of H-pyrrole nitrogens is 1. The summed E-state index contributed by atoms with van der Waals surface area (Å²) < 4.78 is 0. The summed E-state index contributed by atoms with van der Waals surface area (Å²) in [5, 5.41) is 14.4. The predicted octanol–water partition coefficient (Wildman–Crippen LogP) is 4.74. The van der Waals surface area contributed by atoms with E-state index in [2.05, 4.69) is 63.7 Å². The zero-order valence-electron chi connectivity index (χ0n) is 19.5. The maximum absolute atomic E-state index is 13.1. The third-order valence-electron chi connectivity index (χ3n) is 6.71. The first-order valence-electron chi connectivity index (χ1n) is 11.7. The zero-order chi connectivity index (χ0) is 23.3. The van der Waals surface area contributed by atoms with Crippen molar-refractivity contribution in [1.29, 1.82) is 0 Å². The molecule has 2 aliphatic carbocycles. The maximum Gasteiger partial charge on any atom is 0.256 e. The van der Waals surface area contributed by atoms with Crippen LogP contribution in [0.15, 0.2) is 71.3 Å². The Morgan fingerprint density at radius 2 is 2.15 bits per heavy atom. The molecule has 1 fully saturated rings. The largest absolute Gasteiger partial charge is 0.295 e. The number of aliphatic imine (C=N–C) groups is 1. The van der Waals surface area contributed by atoms with E-state index in [9.17, 15) is 4.79 Å². The summed E-state index contributed by atoms with van der Waals surface area (Å²) in [5.74, 6) is 1.79. The number of amides is 1. The van der Waals surface area contributed by atoms with Gasteiger partial charge in [-0.15, -0.1) is 10.2 Å². The minimum atomic E-state index is -0.476. The normalized spacial score (nSPS) is 25.6. The van der Waals surface area contributed by atoms with Crippen LogP contribution in [0.25, 0.3) is 5.57 Å². The molecule has 1 amide bonds. The van der Waals surface area contributed by atoms with Gasteiger partial charge in [-0.1, -0.05) is 73.6 Å². The second-order valence-electron chi connectivity index (χ2n) is 8.86. The van der Waals surface area contributed by atoms with E-state index >= 15 is 0 Å². The highest BCUT2D eigenvalue weighted by atomic mass is 16.2. The molecule has 0 bridgehead atoms. The van der Waals surface area contributed by atoms with Crippen LogP contribution in [0.1, 0.15) is 58.2 Å². The van der Waals surface area contributed by atoms with Gasteiger partial charge >= 0.3 is 0 Å². The number of nitrogens with zero attached hydrogens (tertiary/aromatic N) is 5. The van der Waals surface area contributed by atoms with Crippen LogP contribution >= 0.6 is 0 Å². The van der Waals surface area contributed by atoms with Crippen LogP contribution in [0, 0.1) is 5.92 Å². The van der Waals surface area contributed by atoms with E-state index in [-0.39, 0.29) is 11.8 Å². The lowest BCUT2D eigenvalue weighted by molar-refractivity contribution is -0.130.